The van der Waals surface area contributed by atoms with E-state index >= 15 is 0 Å². The normalized spacial score (nSPS) is 12.4. The van der Waals surface area contributed by atoms with Crippen molar-refractivity contribution in [3.05, 3.63) is 32.5 Å². The Labute approximate surface area is 140 Å². The van der Waals surface area contributed by atoms with Crippen molar-refractivity contribution in [2.24, 2.45) is 12.8 Å². The van der Waals surface area contributed by atoms with Gasteiger partial charge in [0.1, 0.15) is 5.75 Å². The van der Waals surface area contributed by atoms with Crippen LogP contribution in [-0.2, 0) is 20.1 Å². The van der Waals surface area contributed by atoms with E-state index in [9.17, 15) is 0 Å². The van der Waals surface area contributed by atoms with E-state index in [-0.39, 0.29) is 12.6 Å². The number of nitrogens with two attached hydrogens (primary N) is 1. The van der Waals surface area contributed by atoms with E-state index in [2.05, 4.69) is 54.2 Å². The third-order valence-corrected chi connectivity index (χ3v) is 4.15. The number of rotatable bonds is 6. The van der Waals surface area contributed by atoms with Crippen molar-refractivity contribution >= 4 is 31.9 Å². The van der Waals surface area contributed by atoms with Gasteiger partial charge in [-0.3, -0.25) is 0 Å². The van der Waals surface area contributed by atoms with Crippen molar-refractivity contribution in [1.82, 2.24) is 20.2 Å². The van der Waals surface area contributed by atoms with Crippen molar-refractivity contribution in [1.29, 1.82) is 0 Å². The van der Waals surface area contributed by atoms with Gasteiger partial charge in [0.2, 0.25) is 5.82 Å². The first-order chi connectivity index (χ1) is 9.99. The SMILES string of the molecule is CCC(N)Cc1cc(Br)c(OCc2nnn(C)n2)c(Br)c1. The third kappa shape index (κ3) is 4.49. The van der Waals surface area contributed by atoms with Crippen LogP contribution in [0.5, 0.6) is 5.75 Å². The Hall–Kier alpha value is -0.990. The number of aryl methyl sites for hydroxylation is 1. The van der Waals surface area contributed by atoms with E-state index < -0.39 is 0 Å². The van der Waals surface area contributed by atoms with Crippen LogP contribution in [0.1, 0.15) is 24.7 Å². The van der Waals surface area contributed by atoms with Gasteiger partial charge in [0.05, 0.1) is 16.0 Å². The summed E-state index contributed by atoms with van der Waals surface area (Å²) in [7, 11) is 1.72. The van der Waals surface area contributed by atoms with E-state index in [1.165, 1.54) is 4.80 Å². The Morgan fingerprint density at radius 2 is 2.00 bits per heavy atom. The maximum Gasteiger partial charge on any atom is 0.212 e. The quantitative estimate of drug-likeness (QED) is 0.779. The smallest absolute Gasteiger partial charge is 0.212 e. The maximum atomic E-state index is 5.99. The summed E-state index contributed by atoms with van der Waals surface area (Å²) < 4.78 is 7.50. The number of hydrogen-bond donors (Lipinski definition) is 1. The summed E-state index contributed by atoms with van der Waals surface area (Å²) in [6.45, 7) is 2.35. The third-order valence-electron chi connectivity index (χ3n) is 2.98. The average Bonchev–Trinajstić information content (AvgIpc) is 2.83. The van der Waals surface area contributed by atoms with Crippen molar-refractivity contribution in [3.63, 3.8) is 0 Å². The first-order valence-corrected chi connectivity index (χ1v) is 8.17. The Morgan fingerprint density at radius 3 is 2.52 bits per heavy atom. The lowest BCUT2D eigenvalue weighted by Gasteiger charge is -2.13. The molecule has 1 atom stereocenters. The van der Waals surface area contributed by atoms with Crippen LogP contribution >= 0.6 is 31.9 Å². The summed E-state index contributed by atoms with van der Waals surface area (Å²) in [5, 5.41) is 11.7. The van der Waals surface area contributed by atoms with E-state index in [0.717, 1.165) is 33.1 Å². The lowest BCUT2D eigenvalue weighted by molar-refractivity contribution is 0.291. The minimum atomic E-state index is 0.166. The predicted octanol–water partition coefficient (Wildman–Crippen LogP) is 2.59. The van der Waals surface area contributed by atoms with Crippen LogP contribution in [-0.4, -0.2) is 26.2 Å². The summed E-state index contributed by atoms with van der Waals surface area (Å²) in [5.41, 5.74) is 7.15. The van der Waals surface area contributed by atoms with Crippen LogP contribution in [0, 0.1) is 0 Å². The summed E-state index contributed by atoms with van der Waals surface area (Å²) in [6.07, 6.45) is 1.78. The molecule has 0 bridgehead atoms. The summed E-state index contributed by atoms with van der Waals surface area (Å²) in [6, 6.07) is 4.22. The molecule has 114 valence electrons. The van der Waals surface area contributed by atoms with Gasteiger partial charge in [-0.1, -0.05) is 6.92 Å². The van der Waals surface area contributed by atoms with Gasteiger partial charge < -0.3 is 10.5 Å². The summed E-state index contributed by atoms with van der Waals surface area (Å²) >= 11 is 7.06. The first kappa shape index (κ1) is 16.4. The van der Waals surface area contributed by atoms with Gasteiger partial charge in [-0.05, 0) is 67.6 Å². The van der Waals surface area contributed by atoms with Crippen LogP contribution in [0.4, 0.5) is 0 Å². The molecule has 1 heterocycles. The molecule has 2 aromatic rings. The molecule has 0 amide bonds. The molecule has 0 aliphatic carbocycles. The fourth-order valence-electron chi connectivity index (χ4n) is 1.83. The first-order valence-electron chi connectivity index (χ1n) is 6.58. The number of hydrogen-bond acceptors (Lipinski definition) is 5. The van der Waals surface area contributed by atoms with E-state index in [0.29, 0.717) is 5.82 Å². The molecular weight excluding hydrogens is 402 g/mol. The molecule has 1 unspecified atom stereocenters. The Kier molecular flexibility index (Phi) is 5.72. The largest absolute Gasteiger partial charge is 0.483 e. The van der Waals surface area contributed by atoms with Crippen LogP contribution in [0.2, 0.25) is 0 Å². The minimum Gasteiger partial charge on any atom is -0.483 e. The number of tetrazole rings is 1. The number of aromatic nitrogens is 4. The second-order valence-corrected chi connectivity index (χ2v) is 6.45. The van der Waals surface area contributed by atoms with Gasteiger partial charge in [-0.15, -0.1) is 10.2 Å². The summed E-state index contributed by atoms with van der Waals surface area (Å²) in [4.78, 5) is 1.40. The van der Waals surface area contributed by atoms with E-state index in [1.807, 2.05) is 12.1 Å². The second kappa shape index (κ2) is 7.33. The van der Waals surface area contributed by atoms with Gasteiger partial charge in [0.15, 0.2) is 6.61 Å². The van der Waals surface area contributed by atoms with Gasteiger partial charge in [-0.25, -0.2) is 0 Å². The number of halogens is 2. The molecule has 0 aliphatic rings. The van der Waals surface area contributed by atoms with Crippen LogP contribution in [0.15, 0.2) is 21.1 Å². The highest BCUT2D eigenvalue weighted by molar-refractivity contribution is 9.11. The maximum absolute atomic E-state index is 5.99. The van der Waals surface area contributed by atoms with Crippen molar-refractivity contribution < 1.29 is 4.74 Å². The van der Waals surface area contributed by atoms with Crippen LogP contribution in [0.25, 0.3) is 0 Å². The summed E-state index contributed by atoms with van der Waals surface area (Å²) in [5.74, 6) is 1.25. The van der Waals surface area contributed by atoms with Crippen molar-refractivity contribution in [2.75, 3.05) is 0 Å². The topological polar surface area (TPSA) is 78.9 Å². The molecule has 1 aromatic carbocycles. The lowest BCUT2D eigenvalue weighted by Crippen LogP contribution is -2.21. The molecule has 2 N–H and O–H groups in total. The molecule has 0 aliphatic heterocycles. The van der Waals surface area contributed by atoms with Crippen molar-refractivity contribution in [3.8, 4) is 5.75 Å². The van der Waals surface area contributed by atoms with Gasteiger partial charge in [0.25, 0.3) is 0 Å². The molecule has 0 spiro atoms. The molecule has 0 saturated carbocycles. The number of ether oxygens (including phenoxy) is 1. The zero-order valence-corrected chi connectivity index (χ0v) is 15.1. The zero-order valence-electron chi connectivity index (χ0n) is 11.9. The fraction of sp³-hybridized carbons (Fsp3) is 0.462. The fourth-order valence-corrected chi connectivity index (χ4v) is 3.34. The van der Waals surface area contributed by atoms with Crippen LogP contribution in [0.3, 0.4) is 0 Å². The van der Waals surface area contributed by atoms with E-state index in [4.69, 9.17) is 10.5 Å². The standard InChI is InChI=1S/C13H17Br2N5O/c1-3-9(16)4-8-5-10(14)13(11(15)6-8)21-7-12-17-19-20(2)18-12/h5-6,9H,3-4,7,16H2,1-2H3. The van der Waals surface area contributed by atoms with Crippen LogP contribution < -0.4 is 10.5 Å². The second-order valence-electron chi connectivity index (χ2n) is 4.74. The van der Waals surface area contributed by atoms with Gasteiger partial charge in [-0.2, -0.15) is 4.80 Å². The molecule has 0 fully saturated rings. The van der Waals surface area contributed by atoms with E-state index in [1.54, 1.807) is 7.05 Å². The monoisotopic (exact) mass is 417 g/mol. The minimum absolute atomic E-state index is 0.166. The molecule has 21 heavy (non-hydrogen) atoms. The van der Waals surface area contributed by atoms with Gasteiger partial charge >= 0.3 is 0 Å². The lowest BCUT2D eigenvalue weighted by atomic mass is 10.0. The molecule has 0 saturated heterocycles. The predicted molar refractivity (Wildman–Crippen MR) is 86.9 cm³/mol. The highest BCUT2D eigenvalue weighted by atomic mass is 79.9. The molecule has 2 rings (SSSR count). The molecule has 6 nitrogen and oxygen atoms in total. The number of nitrogens with zero attached hydrogens (tertiary/aromatic N) is 4. The van der Waals surface area contributed by atoms with Gasteiger partial charge in [0, 0.05) is 6.04 Å². The molecule has 0 radical (unpaired) electrons. The Balaban J connectivity index is 2.09. The Bertz CT molecular complexity index is 593. The Morgan fingerprint density at radius 1 is 1.33 bits per heavy atom. The average molecular weight is 419 g/mol. The zero-order chi connectivity index (χ0) is 15.4. The van der Waals surface area contributed by atoms with Crippen molar-refractivity contribution in [2.45, 2.75) is 32.4 Å². The number of benzene rings is 1. The molecular formula is C13H17Br2N5O. The molecule has 1 aromatic heterocycles. The highest BCUT2D eigenvalue weighted by Gasteiger charge is 2.12. The highest BCUT2D eigenvalue weighted by Crippen LogP contribution is 2.35. The molecule has 8 heteroatoms.